The van der Waals surface area contributed by atoms with Crippen LogP contribution in [0.2, 0.25) is 5.02 Å². The lowest BCUT2D eigenvalue weighted by molar-refractivity contribution is 0.283. The maximum absolute atomic E-state index is 5.84. The molecule has 0 fully saturated rings. The van der Waals surface area contributed by atoms with Crippen LogP contribution < -0.4 is 10.5 Å². The van der Waals surface area contributed by atoms with E-state index in [-0.39, 0.29) is 6.04 Å². The predicted molar refractivity (Wildman–Crippen MR) is 64.4 cm³/mol. The van der Waals surface area contributed by atoms with E-state index in [0.717, 1.165) is 18.6 Å². The average Bonchev–Trinajstić information content (AvgIpc) is 2.25. The minimum Gasteiger partial charge on any atom is -0.492 e. The number of nitrogens with two attached hydrogens (primary N) is 1. The van der Waals surface area contributed by atoms with Gasteiger partial charge in [-0.25, -0.2) is 0 Å². The molecular weight excluding hydrogens is 210 g/mol. The van der Waals surface area contributed by atoms with Crippen LogP contribution in [0, 0.1) is 0 Å². The van der Waals surface area contributed by atoms with Gasteiger partial charge in [0.2, 0.25) is 0 Å². The van der Waals surface area contributed by atoms with Crippen LogP contribution in [0.25, 0.3) is 0 Å². The molecule has 0 bridgehead atoms. The molecule has 15 heavy (non-hydrogen) atoms. The van der Waals surface area contributed by atoms with Gasteiger partial charge < -0.3 is 10.5 Å². The van der Waals surface area contributed by atoms with Crippen LogP contribution in [0.15, 0.2) is 36.9 Å². The molecule has 1 atom stereocenters. The maximum Gasteiger partial charge on any atom is 0.119 e. The Bertz CT molecular complexity index is 297. The van der Waals surface area contributed by atoms with Gasteiger partial charge in [-0.3, -0.25) is 0 Å². The summed E-state index contributed by atoms with van der Waals surface area (Å²) in [7, 11) is 0. The molecule has 1 unspecified atom stereocenters. The van der Waals surface area contributed by atoms with Gasteiger partial charge in [0.15, 0.2) is 0 Å². The van der Waals surface area contributed by atoms with Crippen LogP contribution in [0.1, 0.15) is 12.8 Å². The SMILES string of the molecule is C=CCCC(N)COc1ccc(Cl)cc1. The number of allylic oxidation sites excluding steroid dienone is 1. The highest BCUT2D eigenvalue weighted by atomic mass is 35.5. The van der Waals surface area contributed by atoms with Crippen molar-refractivity contribution in [2.45, 2.75) is 18.9 Å². The molecule has 2 N–H and O–H groups in total. The lowest BCUT2D eigenvalue weighted by atomic mass is 10.2. The standard InChI is InChI=1S/C12H16ClNO/c1-2-3-4-11(14)9-15-12-7-5-10(13)6-8-12/h2,5-8,11H,1,3-4,9,14H2. The molecule has 0 aliphatic heterocycles. The Morgan fingerprint density at radius 1 is 1.40 bits per heavy atom. The summed E-state index contributed by atoms with van der Waals surface area (Å²) in [6, 6.07) is 7.32. The van der Waals surface area contributed by atoms with Crippen molar-refractivity contribution in [1.82, 2.24) is 0 Å². The van der Waals surface area contributed by atoms with E-state index in [1.165, 1.54) is 0 Å². The molecule has 0 amide bonds. The van der Waals surface area contributed by atoms with Crippen molar-refractivity contribution in [3.05, 3.63) is 41.9 Å². The van der Waals surface area contributed by atoms with Crippen molar-refractivity contribution >= 4 is 11.6 Å². The number of benzene rings is 1. The van der Waals surface area contributed by atoms with Gasteiger partial charge in [-0.2, -0.15) is 0 Å². The summed E-state index contributed by atoms with van der Waals surface area (Å²) in [6.07, 6.45) is 3.68. The highest BCUT2D eigenvalue weighted by Crippen LogP contribution is 2.15. The molecule has 1 rings (SSSR count). The van der Waals surface area contributed by atoms with E-state index in [0.29, 0.717) is 11.6 Å². The molecule has 0 aliphatic carbocycles. The third kappa shape index (κ3) is 4.86. The summed E-state index contributed by atoms with van der Waals surface area (Å²) in [5, 5.41) is 0.707. The first kappa shape index (κ1) is 12.1. The van der Waals surface area contributed by atoms with Crippen molar-refractivity contribution < 1.29 is 4.74 Å². The van der Waals surface area contributed by atoms with Gasteiger partial charge in [0.05, 0.1) is 0 Å². The molecule has 0 aromatic heterocycles. The van der Waals surface area contributed by atoms with Gasteiger partial charge in [-0.1, -0.05) is 17.7 Å². The highest BCUT2D eigenvalue weighted by Gasteiger charge is 2.02. The zero-order valence-corrected chi connectivity index (χ0v) is 9.41. The van der Waals surface area contributed by atoms with Crippen LogP contribution in [0.4, 0.5) is 0 Å². The third-order valence-electron chi connectivity index (χ3n) is 2.02. The molecule has 1 aromatic carbocycles. The topological polar surface area (TPSA) is 35.2 Å². The van der Waals surface area contributed by atoms with Crippen LogP contribution >= 0.6 is 11.6 Å². The summed E-state index contributed by atoms with van der Waals surface area (Å²) in [5.74, 6) is 0.799. The predicted octanol–water partition coefficient (Wildman–Crippen LogP) is 3.01. The minimum atomic E-state index is 0.0543. The Morgan fingerprint density at radius 3 is 2.67 bits per heavy atom. The summed E-state index contributed by atoms with van der Waals surface area (Å²) in [4.78, 5) is 0. The minimum absolute atomic E-state index is 0.0543. The van der Waals surface area contributed by atoms with Crippen LogP contribution in [0.3, 0.4) is 0 Å². The lowest BCUT2D eigenvalue weighted by Gasteiger charge is -2.12. The van der Waals surface area contributed by atoms with Gasteiger partial charge >= 0.3 is 0 Å². The highest BCUT2D eigenvalue weighted by molar-refractivity contribution is 6.30. The van der Waals surface area contributed by atoms with Crippen molar-refractivity contribution in [2.24, 2.45) is 5.73 Å². The molecule has 1 aromatic rings. The molecule has 0 spiro atoms. The van der Waals surface area contributed by atoms with E-state index >= 15 is 0 Å². The first-order valence-electron chi connectivity index (χ1n) is 4.97. The van der Waals surface area contributed by atoms with Gasteiger partial charge in [0.1, 0.15) is 12.4 Å². The van der Waals surface area contributed by atoms with Gasteiger partial charge in [-0.05, 0) is 37.1 Å². The van der Waals surface area contributed by atoms with Gasteiger partial charge in [-0.15, -0.1) is 6.58 Å². The first-order chi connectivity index (χ1) is 7.22. The molecule has 0 aliphatic rings. The molecular formula is C12H16ClNO. The van der Waals surface area contributed by atoms with Gasteiger partial charge in [0, 0.05) is 11.1 Å². The first-order valence-corrected chi connectivity index (χ1v) is 5.35. The molecule has 0 radical (unpaired) electrons. The average molecular weight is 226 g/mol. The second-order valence-corrected chi connectivity index (χ2v) is 3.83. The second kappa shape index (κ2) is 6.49. The fraction of sp³-hybridized carbons (Fsp3) is 0.333. The van der Waals surface area contributed by atoms with Crippen LogP contribution in [0.5, 0.6) is 5.75 Å². The number of hydrogen-bond donors (Lipinski definition) is 1. The zero-order chi connectivity index (χ0) is 11.1. The zero-order valence-electron chi connectivity index (χ0n) is 8.66. The van der Waals surface area contributed by atoms with Crippen molar-refractivity contribution in [1.29, 1.82) is 0 Å². The van der Waals surface area contributed by atoms with Crippen LogP contribution in [-0.2, 0) is 0 Å². The Balaban J connectivity index is 2.30. The Hall–Kier alpha value is -0.990. The lowest BCUT2D eigenvalue weighted by Crippen LogP contribution is -2.27. The van der Waals surface area contributed by atoms with E-state index in [4.69, 9.17) is 22.1 Å². The van der Waals surface area contributed by atoms with Crippen LogP contribution in [-0.4, -0.2) is 12.6 Å². The van der Waals surface area contributed by atoms with Crippen molar-refractivity contribution in [2.75, 3.05) is 6.61 Å². The monoisotopic (exact) mass is 225 g/mol. The van der Waals surface area contributed by atoms with Crippen molar-refractivity contribution in [3.8, 4) is 5.75 Å². The van der Waals surface area contributed by atoms with E-state index < -0.39 is 0 Å². The normalized spacial score (nSPS) is 12.1. The fourth-order valence-corrected chi connectivity index (χ4v) is 1.28. The summed E-state index contributed by atoms with van der Waals surface area (Å²) < 4.78 is 5.50. The molecule has 2 nitrogen and oxygen atoms in total. The molecule has 3 heteroatoms. The number of hydrogen-bond acceptors (Lipinski definition) is 2. The smallest absolute Gasteiger partial charge is 0.119 e. The number of ether oxygens (including phenoxy) is 1. The van der Waals surface area contributed by atoms with E-state index in [2.05, 4.69) is 6.58 Å². The van der Waals surface area contributed by atoms with E-state index in [1.807, 2.05) is 18.2 Å². The maximum atomic E-state index is 5.84. The van der Waals surface area contributed by atoms with Crippen molar-refractivity contribution in [3.63, 3.8) is 0 Å². The summed E-state index contributed by atoms with van der Waals surface area (Å²) >= 11 is 5.75. The van der Waals surface area contributed by atoms with Gasteiger partial charge in [0.25, 0.3) is 0 Å². The van der Waals surface area contributed by atoms with E-state index in [9.17, 15) is 0 Å². The third-order valence-corrected chi connectivity index (χ3v) is 2.27. The molecule has 0 saturated carbocycles. The molecule has 82 valence electrons. The Kier molecular flexibility index (Phi) is 5.22. The Labute approximate surface area is 95.7 Å². The number of rotatable bonds is 6. The molecule has 0 saturated heterocycles. The summed E-state index contributed by atoms with van der Waals surface area (Å²) in [5.41, 5.74) is 5.84. The Morgan fingerprint density at radius 2 is 2.07 bits per heavy atom. The van der Waals surface area contributed by atoms with E-state index in [1.54, 1.807) is 12.1 Å². The number of halogens is 1. The fourth-order valence-electron chi connectivity index (χ4n) is 1.15. The quantitative estimate of drug-likeness (QED) is 0.756. The summed E-state index contributed by atoms with van der Waals surface area (Å²) in [6.45, 7) is 4.17. The largest absolute Gasteiger partial charge is 0.492 e. The molecule has 0 heterocycles. The second-order valence-electron chi connectivity index (χ2n) is 3.39.